The van der Waals surface area contributed by atoms with E-state index in [9.17, 15) is 13.2 Å². The highest BCUT2D eigenvalue weighted by Gasteiger charge is 2.26. The van der Waals surface area contributed by atoms with E-state index in [1.165, 1.54) is 0 Å². The zero-order valence-corrected chi connectivity index (χ0v) is 8.76. The van der Waals surface area contributed by atoms with E-state index in [4.69, 9.17) is 5.11 Å². The third-order valence-electron chi connectivity index (χ3n) is 1.82. The molecule has 0 aliphatic carbocycles. The quantitative estimate of drug-likeness (QED) is 0.669. The van der Waals surface area contributed by atoms with E-state index in [1.54, 1.807) is 6.92 Å². The first-order valence-electron chi connectivity index (χ1n) is 3.98. The molecule has 0 fully saturated rings. The average Bonchev–Trinajstić information content (AvgIpc) is 1.96. The maximum atomic E-state index is 10.8. The van der Waals surface area contributed by atoms with Crippen molar-refractivity contribution in [1.82, 2.24) is 4.72 Å². The first-order valence-corrected chi connectivity index (χ1v) is 5.87. The van der Waals surface area contributed by atoms with Crippen molar-refractivity contribution in [3.63, 3.8) is 0 Å². The van der Waals surface area contributed by atoms with Crippen LogP contribution in [0.5, 0.6) is 0 Å². The lowest BCUT2D eigenvalue weighted by atomic mass is 10.0. The highest BCUT2D eigenvalue weighted by molar-refractivity contribution is 7.88. The van der Waals surface area contributed by atoms with Crippen molar-refractivity contribution < 1.29 is 18.3 Å². The Kier molecular flexibility index (Phi) is 4.35. The minimum Gasteiger partial charge on any atom is -0.480 e. The van der Waals surface area contributed by atoms with E-state index in [-0.39, 0.29) is 5.92 Å². The van der Waals surface area contributed by atoms with Crippen LogP contribution < -0.4 is 4.72 Å². The first-order chi connectivity index (χ1) is 5.78. The van der Waals surface area contributed by atoms with E-state index < -0.39 is 22.0 Å². The van der Waals surface area contributed by atoms with E-state index in [0.717, 1.165) is 6.26 Å². The molecule has 0 saturated carbocycles. The molecule has 0 aromatic carbocycles. The van der Waals surface area contributed by atoms with Gasteiger partial charge in [0.2, 0.25) is 10.0 Å². The van der Waals surface area contributed by atoms with Crippen LogP contribution in [0, 0.1) is 5.92 Å². The van der Waals surface area contributed by atoms with Crippen molar-refractivity contribution >= 4 is 16.0 Å². The Labute approximate surface area is 78.2 Å². The second kappa shape index (κ2) is 4.57. The van der Waals surface area contributed by atoms with E-state index in [0.29, 0.717) is 6.42 Å². The Balaban J connectivity index is 4.54. The van der Waals surface area contributed by atoms with Crippen LogP contribution in [0.4, 0.5) is 0 Å². The van der Waals surface area contributed by atoms with Crippen LogP contribution in [0.1, 0.15) is 20.3 Å². The van der Waals surface area contributed by atoms with Crippen LogP contribution >= 0.6 is 0 Å². The summed E-state index contributed by atoms with van der Waals surface area (Å²) in [6, 6.07) is -1.03. The second-order valence-electron chi connectivity index (χ2n) is 3.09. The van der Waals surface area contributed by atoms with Crippen LogP contribution in [0.15, 0.2) is 0 Å². The fraction of sp³-hybridized carbons (Fsp3) is 0.857. The van der Waals surface area contributed by atoms with Crippen molar-refractivity contribution in [2.75, 3.05) is 6.26 Å². The minimum atomic E-state index is -3.45. The van der Waals surface area contributed by atoms with Gasteiger partial charge < -0.3 is 5.11 Å². The summed E-state index contributed by atoms with van der Waals surface area (Å²) in [5, 5.41) is 8.71. The largest absolute Gasteiger partial charge is 0.480 e. The Hall–Kier alpha value is -0.620. The van der Waals surface area contributed by atoms with Crippen molar-refractivity contribution in [3.8, 4) is 0 Å². The average molecular weight is 209 g/mol. The Morgan fingerprint density at radius 2 is 2.00 bits per heavy atom. The lowest BCUT2D eigenvalue weighted by Gasteiger charge is -2.18. The van der Waals surface area contributed by atoms with Gasteiger partial charge in [-0.3, -0.25) is 4.79 Å². The maximum Gasteiger partial charge on any atom is 0.322 e. The van der Waals surface area contributed by atoms with Gasteiger partial charge in [0.15, 0.2) is 0 Å². The summed E-state index contributed by atoms with van der Waals surface area (Å²) in [7, 11) is -3.45. The standard InChI is InChI=1S/C7H15NO4S/c1-4-5(2)6(7(9)10)8-13(3,11)12/h5-6,8H,4H2,1-3H3,(H,9,10). The number of aliphatic carboxylic acids is 1. The highest BCUT2D eigenvalue weighted by atomic mass is 32.2. The molecular formula is C7H15NO4S. The van der Waals surface area contributed by atoms with Gasteiger partial charge in [0.1, 0.15) is 6.04 Å². The zero-order valence-electron chi connectivity index (χ0n) is 7.94. The molecule has 0 bridgehead atoms. The molecule has 6 heteroatoms. The Bertz CT molecular complexity index is 272. The summed E-state index contributed by atoms with van der Waals surface area (Å²) in [4.78, 5) is 10.7. The second-order valence-corrected chi connectivity index (χ2v) is 4.87. The molecule has 13 heavy (non-hydrogen) atoms. The molecule has 0 aliphatic rings. The lowest BCUT2D eigenvalue weighted by molar-refractivity contribution is -0.140. The lowest BCUT2D eigenvalue weighted by Crippen LogP contribution is -2.44. The third-order valence-corrected chi connectivity index (χ3v) is 2.50. The smallest absolute Gasteiger partial charge is 0.322 e. The van der Waals surface area contributed by atoms with Crippen molar-refractivity contribution in [3.05, 3.63) is 0 Å². The molecular weight excluding hydrogens is 194 g/mol. The molecule has 0 spiro atoms. The predicted octanol–water partition coefficient (Wildman–Crippen LogP) is 0.0349. The number of carbonyl (C=O) groups is 1. The molecule has 5 nitrogen and oxygen atoms in total. The molecule has 0 saturated heterocycles. The summed E-state index contributed by atoms with van der Waals surface area (Å²) in [6.45, 7) is 3.50. The molecule has 0 radical (unpaired) electrons. The fourth-order valence-electron chi connectivity index (χ4n) is 0.876. The number of hydrogen-bond acceptors (Lipinski definition) is 3. The molecule has 0 aromatic heterocycles. The van der Waals surface area contributed by atoms with Crippen LogP contribution in [0.3, 0.4) is 0 Å². The third kappa shape index (κ3) is 4.84. The van der Waals surface area contributed by atoms with Crippen LogP contribution in [-0.2, 0) is 14.8 Å². The van der Waals surface area contributed by atoms with Gasteiger partial charge in [-0.15, -0.1) is 0 Å². The topological polar surface area (TPSA) is 83.5 Å². The van der Waals surface area contributed by atoms with Gasteiger partial charge in [-0.25, -0.2) is 13.1 Å². The molecule has 78 valence electrons. The molecule has 2 atom stereocenters. The van der Waals surface area contributed by atoms with Crippen LogP contribution in [-0.4, -0.2) is 31.8 Å². The zero-order chi connectivity index (χ0) is 10.6. The summed E-state index contributed by atoms with van der Waals surface area (Å²) in [6.07, 6.45) is 1.56. The molecule has 2 unspecified atom stereocenters. The molecule has 2 N–H and O–H groups in total. The molecule has 0 aromatic rings. The normalized spacial score (nSPS) is 16.5. The highest BCUT2D eigenvalue weighted by Crippen LogP contribution is 2.08. The van der Waals surface area contributed by atoms with Gasteiger partial charge in [-0.2, -0.15) is 0 Å². The molecule has 0 rings (SSSR count). The number of carboxylic acid groups (broad SMARTS) is 1. The SMILES string of the molecule is CCC(C)C(NS(C)(=O)=O)C(=O)O. The van der Waals surface area contributed by atoms with Gasteiger partial charge >= 0.3 is 5.97 Å². The van der Waals surface area contributed by atoms with Gasteiger partial charge in [-0.05, 0) is 5.92 Å². The number of nitrogens with one attached hydrogen (secondary N) is 1. The monoisotopic (exact) mass is 209 g/mol. The summed E-state index contributed by atoms with van der Waals surface area (Å²) >= 11 is 0. The van der Waals surface area contributed by atoms with Gasteiger partial charge in [-0.1, -0.05) is 20.3 Å². The number of hydrogen-bond donors (Lipinski definition) is 2. The maximum absolute atomic E-state index is 10.8. The number of rotatable bonds is 5. The molecule has 0 amide bonds. The molecule has 0 aliphatic heterocycles. The van der Waals surface area contributed by atoms with E-state index in [1.807, 2.05) is 6.92 Å². The Morgan fingerprint density at radius 1 is 1.54 bits per heavy atom. The summed E-state index contributed by atoms with van der Waals surface area (Å²) in [5.41, 5.74) is 0. The van der Waals surface area contributed by atoms with Gasteiger partial charge in [0.25, 0.3) is 0 Å². The van der Waals surface area contributed by atoms with Crippen LogP contribution in [0.25, 0.3) is 0 Å². The number of carboxylic acids is 1. The van der Waals surface area contributed by atoms with E-state index in [2.05, 4.69) is 4.72 Å². The summed E-state index contributed by atoms with van der Waals surface area (Å²) < 4.78 is 23.7. The molecule has 0 heterocycles. The first kappa shape index (κ1) is 12.4. The fourth-order valence-corrected chi connectivity index (χ4v) is 1.67. The van der Waals surface area contributed by atoms with Crippen molar-refractivity contribution in [1.29, 1.82) is 0 Å². The van der Waals surface area contributed by atoms with Crippen molar-refractivity contribution in [2.24, 2.45) is 5.92 Å². The Morgan fingerprint density at radius 3 is 2.23 bits per heavy atom. The minimum absolute atomic E-state index is 0.216. The van der Waals surface area contributed by atoms with E-state index >= 15 is 0 Å². The van der Waals surface area contributed by atoms with Gasteiger partial charge in [0.05, 0.1) is 6.26 Å². The predicted molar refractivity (Wildman–Crippen MR) is 48.9 cm³/mol. The summed E-state index contributed by atoms with van der Waals surface area (Å²) in [5.74, 6) is -1.35. The van der Waals surface area contributed by atoms with Gasteiger partial charge in [0, 0.05) is 0 Å². The van der Waals surface area contributed by atoms with Crippen LogP contribution in [0.2, 0.25) is 0 Å². The van der Waals surface area contributed by atoms with Crippen molar-refractivity contribution in [2.45, 2.75) is 26.3 Å². The number of sulfonamides is 1.